The molecule has 1 aromatic carbocycles. The first-order chi connectivity index (χ1) is 11.2. The van der Waals surface area contributed by atoms with Crippen molar-refractivity contribution in [2.24, 2.45) is 0 Å². The van der Waals surface area contributed by atoms with E-state index in [0.29, 0.717) is 17.8 Å². The summed E-state index contributed by atoms with van der Waals surface area (Å²) in [6.45, 7) is 7.67. The number of hydrogen-bond acceptors (Lipinski definition) is 4. The van der Waals surface area contributed by atoms with Gasteiger partial charge in [0.25, 0.3) is 5.91 Å². The van der Waals surface area contributed by atoms with Crippen LogP contribution in [0.15, 0.2) is 18.2 Å². The van der Waals surface area contributed by atoms with Crippen LogP contribution in [0, 0.1) is 12.7 Å². The van der Waals surface area contributed by atoms with Crippen molar-refractivity contribution >= 4 is 17.7 Å². The second kappa shape index (κ2) is 7.17. The quantitative estimate of drug-likeness (QED) is 0.900. The third-order valence-corrected chi connectivity index (χ3v) is 3.45. The standard InChI is InChI=1S/C17H23FN2O4/c1-11-5-6-12(9-13(11)18)19-15(21)14-10-20(7-8-23-14)16(22)24-17(2,3)4/h5-6,9,14H,7-8,10H2,1-4H3,(H,19,21). The second-order valence-electron chi connectivity index (χ2n) is 6.74. The Morgan fingerprint density at radius 1 is 1.38 bits per heavy atom. The van der Waals surface area contributed by atoms with E-state index in [1.54, 1.807) is 39.8 Å². The molecular formula is C17H23FN2O4. The first-order valence-corrected chi connectivity index (χ1v) is 7.82. The summed E-state index contributed by atoms with van der Waals surface area (Å²) < 4.78 is 24.3. The van der Waals surface area contributed by atoms with Crippen LogP contribution in [-0.4, -0.2) is 48.3 Å². The zero-order chi connectivity index (χ0) is 17.9. The number of nitrogens with zero attached hydrogens (tertiary/aromatic N) is 1. The largest absolute Gasteiger partial charge is 0.444 e. The Bertz CT molecular complexity index is 628. The molecule has 24 heavy (non-hydrogen) atoms. The number of aryl methyl sites for hydroxylation is 1. The lowest BCUT2D eigenvalue weighted by molar-refractivity contribution is -0.132. The number of carbonyl (C=O) groups is 2. The lowest BCUT2D eigenvalue weighted by Crippen LogP contribution is -2.51. The molecule has 1 N–H and O–H groups in total. The Morgan fingerprint density at radius 3 is 2.71 bits per heavy atom. The van der Waals surface area contributed by atoms with Gasteiger partial charge >= 0.3 is 6.09 Å². The van der Waals surface area contributed by atoms with Gasteiger partial charge in [-0.05, 0) is 45.4 Å². The molecule has 1 heterocycles. The van der Waals surface area contributed by atoms with Crippen LogP contribution in [0.1, 0.15) is 26.3 Å². The molecule has 1 atom stereocenters. The van der Waals surface area contributed by atoms with Crippen LogP contribution in [0.5, 0.6) is 0 Å². The highest BCUT2D eigenvalue weighted by atomic mass is 19.1. The molecule has 1 fully saturated rings. The van der Waals surface area contributed by atoms with Gasteiger partial charge in [0, 0.05) is 12.2 Å². The highest BCUT2D eigenvalue weighted by Crippen LogP contribution is 2.16. The van der Waals surface area contributed by atoms with Crippen molar-refractivity contribution in [3.05, 3.63) is 29.6 Å². The maximum Gasteiger partial charge on any atom is 0.410 e. The number of amides is 2. The summed E-state index contributed by atoms with van der Waals surface area (Å²) in [5, 5.41) is 2.60. The van der Waals surface area contributed by atoms with Gasteiger partial charge in [-0.2, -0.15) is 0 Å². The predicted octanol–water partition coefficient (Wildman–Crippen LogP) is 2.71. The third kappa shape index (κ3) is 4.92. The molecule has 132 valence electrons. The van der Waals surface area contributed by atoms with Crippen LogP contribution in [0.25, 0.3) is 0 Å². The Balaban J connectivity index is 1.97. The number of hydrogen-bond donors (Lipinski definition) is 1. The van der Waals surface area contributed by atoms with E-state index in [1.165, 1.54) is 11.0 Å². The molecule has 1 saturated heterocycles. The molecule has 0 saturated carbocycles. The summed E-state index contributed by atoms with van der Waals surface area (Å²) in [6.07, 6.45) is -1.30. The molecule has 0 radical (unpaired) electrons. The Hall–Kier alpha value is -2.15. The smallest absolute Gasteiger partial charge is 0.410 e. The maximum absolute atomic E-state index is 13.5. The van der Waals surface area contributed by atoms with E-state index in [-0.39, 0.29) is 13.2 Å². The van der Waals surface area contributed by atoms with Crippen LogP contribution in [0.2, 0.25) is 0 Å². The molecule has 2 amide bonds. The minimum atomic E-state index is -0.823. The van der Waals surface area contributed by atoms with Gasteiger partial charge in [-0.15, -0.1) is 0 Å². The fourth-order valence-electron chi connectivity index (χ4n) is 2.19. The molecule has 1 aromatic rings. The van der Waals surface area contributed by atoms with Crippen molar-refractivity contribution < 1.29 is 23.5 Å². The molecule has 1 aliphatic heterocycles. The number of rotatable bonds is 2. The average molecular weight is 338 g/mol. The summed E-state index contributed by atoms with van der Waals surface area (Å²) in [5.41, 5.74) is 0.242. The SMILES string of the molecule is Cc1ccc(NC(=O)C2CN(C(=O)OC(C)(C)C)CCO2)cc1F. The van der Waals surface area contributed by atoms with Gasteiger partial charge in [-0.3, -0.25) is 4.79 Å². The number of halogens is 1. The molecule has 0 aliphatic carbocycles. The van der Waals surface area contributed by atoms with Crippen LogP contribution < -0.4 is 5.32 Å². The van der Waals surface area contributed by atoms with Gasteiger partial charge in [0.15, 0.2) is 6.10 Å². The zero-order valence-electron chi connectivity index (χ0n) is 14.4. The molecule has 0 spiro atoms. The Morgan fingerprint density at radius 2 is 2.08 bits per heavy atom. The summed E-state index contributed by atoms with van der Waals surface area (Å²) in [6, 6.07) is 4.45. The molecule has 2 rings (SSSR count). The van der Waals surface area contributed by atoms with E-state index < -0.39 is 29.5 Å². The number of nitrogens with one attached hydrogen (secondary N) is 1. The first-order valence-electron chi connectivity index (χ1n) is 7.82. The van der Waals surface area contributed by atoms with E-state index in [2.05, 4.69) is 5.32 Å². The molecule has 6 nitrogen and oxygen atoms in total. The average Bonchev–Trinajstić information content (AvgIpc) is 2.49. The van der Waals surface area contributed by atoms with Crippen LogP contribution >= 0.6 is 0 Å². The summed E-state index contributed by atoms with van der Waals surface area (Å²) in [7, 11) is 0. The Labute approximate surface area is 140 Å². The minimum Gasteiger partial charge on any atom is -0.444 e. The van der Waals surface area contributed by atoms with E-state index in [1.807, 2.05) is 0 Å². The predicted molar refractivity (Wildman–Crippen MR) is 87.3 cm³/mol. The number of morpholine rings is 1. The summed E-state index contributed by atoms with van der Waals surface area (Å²) in [5.74, 6) is -0.820. The Kier molecular flexibility index (Phi) is 5.43. The molecule has 0 bridgehead atoms. The third-order valence-electron chi connectivity index (χ3n) is 3.45. The fourth-order valence-corrected chi connectivity index (χ4v) is 2.19. The number of benzene rings is 1. The second-order valence-corrected chi connectivity index (χ2v) is 6.74. The minimum absolute atomic E-state index is 0.0924. The van der Waals surface area contributed by atoms with Crippen LogP contribution in [-0.2, 0) is 14.3 Å². The van der Waals surface area contributed by atoms with Crippen LogP contribution in [0.4, 0.5) is 14.9 Å². The highest BCUT2D eigenvalue weighted by molar-refractivity contribution is 5.94. The molecule has 1 aliphatic rings. The van der Waals surface area contributed by atoms with Crippen molar-refractivity contribution in [2.75, 3.05) is 25.0 Å². The van der Waals surface area contributed by atoms with E-state index >= 15 is 0 Å². The molecule has 0 aromatic heterocycles. The molecular weight excluding hydrogens is 315 g/mol. The number of carbonyl (C=O) groups excluding carboxylic acids is 2. The maximum atomic E-state index is 13.5. The molecule has 1 unspecified atom stereocenters. The lowest BCUT2D eigenvalue weighted by Gasteiger charge is -2.33. The first kappa shape index (κ1) is 18.2. The van der Waals surface area contributed by atoms with E-state index in [9.17, 15) is 14.0 Å². The topological polar surface area (TPSA) is 67.9 Å². The van der Waals surface area contributed by atoms with Crippen molar-refractivity contribution in [3.63, 3.8) is 0 Å². The van der Waals surface area contributed by atoms with Gasteiger partial charge in [-0.1, -0.05) is 6.07 Å². The van der Waals surface area contributed by atoms with Crippen molar-refractivity contribution in [2.45, 2.75) is 39.4 Å². The van der Waals surface area contributed by atoms with Gasteiger partial charge in [0.1, 0.15) is 11.4 Å². The van der Waals surface area contributed by atoms with Gasteiger partial charge in [0.05, 0.1) is 13.2 Å². The van der Waals surface area contributed by atoms with E-state index in [0.717, 1.165) is 0 Å². The summed E-state index contributed by atoms with van der Waals surface area (Å²) in [4.78, 5) is 25.8. The van der Waals surface area contributed by atoms with Gasteiger partial charge in [-0.25, -0.2) is 9.18 Å². The molecule has 7 heteroatoms. The van der Waals surface area contributed by atoms with Crippen LogP contribution in [0.3, 0.4) is 0 Å². The van der Waals surface area contributed by atoms with Gasteiger partial charge in [0.2, 0.25) is 0 Å². The normalized spacial score (nSPS) is 18.2. The van der Waals surface area contributed by atoms with Crippen molar-refractivity contribution in [3.8, 4) is 0 Å². The van der Waals surface area contributed by atoms with Crippen molar-refractivity contribution in [1.82, 2.24) is 4.90 Å². The van der Waals surface area contributed by atoms with Gasteiger partial charge < -0.3 is 19.7 Å². The zero-order valence-corrected chi connectivity index (χ0v) is 14.4. The number of anilines is 1. The monoisotopic (exact) mass is 338 g/mol. The lowest BCUT2D eigenvalue weighted by atomic mass is 10.2. The van der Waals surface area contributed by atoms with E-state index in [4.69, 9.17) is 9.47 Å². The number of ether oxygens (including phenoxy) is 2. The summed E-state index contributed by atoms with van der Waals surface area (Å²) >= 11 is 0. The highest BCUT2D eigenvalue weighted by Gasteiger charge is 2.31. The fraction of sp³-hybridized carbons (Fsp3) is 0.529. The van der Waals surface area contributed by atoms with Crippen molar-refractivity contribution in [1.29, 1.82) is 0 Å².